The Morgan fingerprint density at radius 2 is 1.50 bits per heavy atom. The first-order valence-corrected chi connectivity index (χ1v) is 7.93. The van der Waals surface area contributed by atoms with Gasteiger partial charge in [0, 0.05) is 5.69 Å². The Balaban J connectivity index is 2.16. The molecule has 1 heterocycles. The Kier molecular flexibility index (Phi) is 5.86. The van der Waals surface area contributed by atoms with Crippen LogP contribution in [0.3, 0.4) is 0 Å². The van der Waals surface area contributed by atoms with E-state index in [0.29, 0.717) is 25.2 Å². The number of quaternary nitrogens is 1. The van der Waals surface area contributed by atoms with Crippen molar-refractivity contribution < 1.29 is 40.8 Å². The van der Waals surface area contributed by atoms with Crippen LogP contribution in [0.5, 0.6) is 0 Å². The number of ether oxygens (including phenoxy) is 1. The molecular formula is C16H19F6N2O2+. The molecule has 0 spiro atoms. The first-order valence-electron chi connectivity index (χ1n) is 7.93. The van der Waals surface area contributed by atoms with Crippen LogP contribution in [-0.4, -0.2) is 37.7 Å². The minimum absolute atomic E-state index is 0.0201. The van der Waals surface area contributed by atoms with Crippen LogP contribution in [0, 0.1) is 0 Å². The summed E-state index contributed by atoms with van der Waals surface area (Å²) in [6, 6.07) is 1.01. The summed E-state index contributed by atoms with van der Waals surface area (Å²) in [6.07, 6.45) is -10.1. The van der Waals surface area contributed by atoms with Crippen molar-refractivity contribution in [1.82, 2.24) is 0 Å². The summed E-state index contributed by atoms with van der Waals surface area (Å²) >= 11 is 0. The lowest BCUT2D eigenvalue weighted by atomic mass is 10.1. The summed E-state index contributed by atoms with van der Waals surface area (Å²) in [7, 11) is 0. The van der Waals surface area contributed by atoms with Crippen molar-refractivity contribution in [2.75, 3.05) is 25.0 Å². The number of carbonyl (C=O) groups is 1. The maximum atomic E-state index is 12.8. The van der Waals surface area contributed by atoms with Crippen LogP contribution >= 0.6 is 0 Å². The smallest absolute Gasteiger partial charge is 0.364 e. The third kappa shape index (κ3) is 5.60. The Morgan fingerprint density at radius 3 is 1.92 bits per heavy atom. The van der Waals surface area contributed by atoms with E-state index < -0.39 is 35.1 Å². The summed E-state index contributed by atoms with van der Waals surface area (Å²) in [5.74, 6) is -0.659. The zero-order chi connectivity index (χ0) is 19.7. The van der Waals surface area contributed by atoms with Gasteiger partial charge in [-0.05, 0) is 32.0 Å². The molecule has 26 heavy (non-hydrogen) atoms. The molecule has 0 unspecified atom stereocenters. The molecule has 146 valence electrons. The number of carbonyl (C=O) groups excluding carboxylic acids is 1. The molecular weight excluding hydrogens is 366 g/mol. The highest BCUT2D eigenvalue weighted by Crippen LogP contribution is 2.37. The fourth-order valence-electron chi connectivity index (χ4n) is 2.99. The highest BCUT2D eigenvalue weighted by molar-refractivity contribution is 5.91. The molecule has 10 heteroatoms. The summed E-state index contributed by atoms with van der Waals surface area (Å²) in [5.41, 5.74) is -3.47. The molecule has 2 atom stereocenters. The van der Waals surface area contributed by atoms with Crippen molar-refractivity contribution in [2.45, 2.75) is 38.4 Å². The van der Waals surface area contributed by atoms with Crippen molar-refractivity contribution in [1.29, 1.82) is 0 Å². The van der Waals surface area contributed by atoms with E-state index in [1.54, 1.807) is 0 Å². The molecule has 0 saturated carbocycles. The monoisotopic (exact) mass is 385 g/mol. The van der Waals surface area contributed by atoms with E-state index in [-0.39, 0.29) is 24.8 Å². The minimum Gasteiger partial charge on any atom is -0.364 e. The third-order valence-corrected chi connectivity index (χ3v) is 3.90. The highest BCUT2D eigenvalue weighted by atomic mass is 19.4. The summed E-state index contributed by atoms with van der Waals surface area (Å²) < 4.78 is 82.5. The Morgan fingerprint density at radius 1 is 1.04 bits per heavy atom. The second kappa shape index (κ2) is 7.43. The number of amides is 1. The molecule has 1 aromatic carbocycles. The number of nitrogens with one attached hydrogen (secondary N) is 2. The average Bonchev–Trinajstić information content (AvgIpc) is 2.43. The maximum absolute atomic E-state index is 12.8. The number of alkyl halides is 6. The SMILES string of the molecule is C[C@H]1C[NH+](CC(=O)Nc2cc(C(F)(F)F)cc(C(F)(F)F)c2)C[C@H](C)O1. The molecule has 1 aliphatic rings. The van der Waals surface area contributed by atoms with Gasteiger partial charge in [-0.3, -0.25) is 4.79 Å². The van der Waals surface area contributed by atoms with Gasteiger partial charge in [-0.25, -0.2) is 0 Å². The van der Waals surface area contributed by atoms with Crippen molar-refractivity contribution >= 4 is 11.6 Å². The van der Waals surface area contributed by atoms with Gasteiger partial charge in [0.25, 0.3) is 5.91 Å². The van der Waals surface area contributed by atoms with Crippen LogP contribution in [0.4, 0.5) is 32.0 Å². The fourth-order valence-corrected chi connectivity index (χ4v) is 2.99. The molecule has 2 N–H and O–H groups in total. The van der Waals surface area contributed by atoms with Crippen molar-refractivity contribution in [2.24, 2.45) is 0 Å². The van der Waals surface area contributed by atoms with Crippen molar-refractivity contribution in [3.05, 3.63) is 29.3 Å². The van der Waals surface area contributed by atoms with E-state index in [9.17, 15) is 31.1 Å². The summed E-state index contributed by atoms with van der Waals surface area (Å²) in [6.45, 7) is 4.63. The lowest BCUT2D eigenvalue weighted by Crippen LogP contribution is -3.16. The van der Waals surface area contributed by atoms with Gasteiger partial charge in [0.1, 0.15) is 25.3 Å². The Bertz CT molecular complexity index is 617. The predicted octanol–water partition coefficient (Wildman–Crippen LogP) is 2.35. The molecule has 0 radical (unpaired) electrons. The number of benzene rings is 1. The van der Waals surface area contributed by atoms with Gasteiger partial charge in [0.15, 0.2) is 6.54 Å². The highest BCUT2D eigenvalue weighted by Gasteiger charge is 2.37. The van der Waals surface area contributed by atoms with Crippen LogP contribution in [0.25, 0.3) is 0 Å². The van der Waals surface area contributed by atoms with E-state index in [0.717, 1.165) is 4.90 Å². The lowest BCUT2D eigenvalue weighted by molar-refractivity contribution is -0.907. The molecule has 1 aliphatic heterocycles. The molecule has 1 aromatic rings. The predicted molar refractivity (Wildman–Crippen MR) is 80.6 cm³/mol. The Hall–Kier alpha value is -1.81. The van der Waals surface area contributed by atoms with Crippen molar-refractivity contribution in [3.8, 4) is 0 Å². The van der Waals surface area contributed by atoms with E-state index in [1.807, 2.05) is 13.8 Å². The van der Waals surface area contributed by atoms with Crippen LogP contribution in [0.2, 0.25) is 0 Å². The molecule has 1 saturated heterocycles. The van der Waals surface area contributed by atoms with E-state index >= 15 is 0 Å². The van der Waals surface area contributed by atoms with Crippen LogP contribution in [-0.2, 0) is 21.9 Å². The zero-order valence-electron chi connectivity index (χ0n) is 14.1. The fraction of sp³-hybridized carbons (Fsp3) is 0.562. The normalized spacial score (nSPS) is 24.4. The second-order valence-corrected chi connectivity index (χ2v) is 6.44. The van der Waals surface area contributed by atoms with E-state index in [1.165, 1.54) is 0 Å². The second-order valence-electron chi connectivity index (χ2n) is 6.44. The standard InChI is InChI=1S/C16H18F6N2O2/c1-9-6-24(7-10(2)26-9)8-14(25)23-13-4-11(15(17,18)19)3-12(5-13)16(20,21)22/h3-5,9-10H,6-8H2,1-2H3,(H,23,25)/p+1/t9-,10-/m0/s1. The van der Waals surface area contributed by atoms with Crippen LogP contribution < -0.4 is 10.2 Å². The number of morpholine rings is 1. The largest absolute Gasteiger partial charge is 0.416 e. The van der Waals surface area contributed by atoms with Gasteiger partial charge in [-0.15, -0.1) is 0 Å². The molecule has 2 rings (SSSR count). The third-order valence-electron chi connectivity index (χ3n) is 3.90. The topological polar surface area (TPSA) is 42.8 Å². The lowest BCUT2D eigenvalue weighted by Gasteiger charge is -2.31. The molecule has 0 aromatic heterocycles. The van der Waals surface area contributed by atoms with Gasteiger partial charge in [-0.2, -0.15) is 26.3 Å². The Labute approximate surface area is 146 Å². The maximum Gasteiger partial charge on any atom is 0.416 e. The number of hydrogen-bond acceptors (Lipinski definition) is 2. The number of hydrogen-bond donors (Lipinski definition) is 2. The number of anilines is 1. The first kappa shape index (κ1) is 20.5. The van der Waals surface area contributed by atoms with Gasteiger partial charge in [-0.1, -0.05) is 0 Å². The number of rotatable bonds is 3. The molecule has 4 nitrogen and oxygen atoms in total. The zero-order valence-corrected chi connectivity index (χ0v) is 14.1. The van der Waals surface area contributed by atoms with Crippen LogP contribution in [0.1, 0.15) is 25.0 Å². The molecule has 0 aliphatic carbocycles. The van der Waals surface area contributed by atoms with Gasteiger partial charge >= 0.3 is 12.4 Å². The minimum atomic E-state index is -4.96. The summed E-state index contributed by atoms with van der Waals surface area (Å²) in [5, 5.41) is 2.14. The van der Waals surface area contributed by atoms with Gasteiger partial charge in [0.05, 0.1) is 11.1 Å². The summed E-state index contributed by atoms with van der Waals surface area (Å²) in [4.78, 5) is 12.9. The molecule has 1 fully saturated rings. The number of halogens is 6. The quantitative estimate of drug-likeness (QED) is 0.785. The molecule has 0 bridgehead atoms. The molecule has 1 amide bonds. The van der Waals surface area contributed by atoms with E-state index in [4.69, 9.17) is 4.74 Å². The van der Waals surface area contributed by atoms with Gasteiger partial charge in [0.2, 0.25) is 0 Å². The van der Waals surface area contributed by atoms with E-state index in [2.05, 4.69) is 5.32 Å². The van der Waals surface area contributed by atoms with Gasteiger partial charge < -0.3 is 15.0 Å². The first-order chi connectivity index (χ1) is 11.8. The van der Waals surface area contributed by atoms with Crippen molar-refractivity contribution in [3.63, 3.8) is 0 Å². The van der Waals surface area contributed by atoms with Crippen LogP contribution in [0.15, 0.2) is 18.2 Å². The average molecular weight is 385 g/mol.